The summed E-state index contributed by atoms with van der Waals surface area (Å²) in [5, 5.41) is 14.6. The van der Waals surface area contributed by atoms with Gasteiger partial charge in [-0.25, -0.2) is 4.79 Å². The van der Waals surface area contributed by atoms with Crippen LogP contribution in [0.1, 0.15) is 23.6 Å². The van der Waals surface area contributed by atoms with Gasteiger partial charge in [-0.05, 0) is 12.1 Å². The van der Waals surface area contributed by atoms with Crippen molar-refractivity contribution in [3.8, 4) is 17.4 Å². The van der Waals surface area contributed by atoms with Crippen LogP contribution in [0.5, 0.6) is 17.4 Å². The van der Waals surface area contributed by atoms with E-state index < -0.39 is 17.1 Å². The molecule has 9 heteroatoms. The van der Waals surface area contributed by atoms with E-state index in [0.29, 0.717) is 23.6 Å². The summed E-state index contributed by atoms with van der Waals surface area (Å²) in [5.74, 6) is 0.824. The van der Waals surface area contributed by atoms with Crippen molar-refractivity contribution in [1.29, 1.82) is 0 Å². The molecule has 27 heavy (non-hydrogen) atoms. The number of nitrogens with one attached hydrogen (secondary N) is 2. The Balaban J connectivity index is 1.95. The number of ether oxygens (including phenoxy) is 2. The lowest BCUT2D eigenvalue weighted by Crippen LogP contribution is -2.33. The van der Waals surface area contributed by atoms with Crippen LogP contribution in [0.25, 0.3) is 0 Å². The minimum absolute atomic E-state index is 0.0427. The van der Waals surface area contributed by atoms with Gasteiger partial charge in [-0.15, -0.1) is 6.58 Å². The molecule has 0 radical (unpaired) electrons. The molecule has 2 heterocycles. The highest BCUT2D eigenvalue weighted by Gasteiger charge is 2.28. The minimum Gasteiger partial charge on any atom is -0.497 e. The van der Waals surface area contributed by atoms with Gasteiger partial charge in [-0.2, -0.15) is 5.10 Å². The van der Waals surface area contributed by atoms with Crippen LogP contribution >= 0.6 is 0 Å². The van der Waals surface area contributed by atoms with Gasteiger partial charge in [0.05, 0.1) is 26.0 Å². The van der Waals surface area contributed by atoms with E-state index in [2.05, 4.69) is 22.1 Å². The average molecular weight is 372 g/mol. The van der Waals surface area contributed by atoms with Crippen molar-refractivity contribution in [2.75, 3.05) is 14.2 Å². The smallest absolute Gasteiger partial charge is 0.331 e. The topological polar surface area (TPSA) is 118 Å². The summed E-state index contributed by atoms with van der Waals surface area (Å²) in [7, 11) is 3.12. The van der Waals surface area contributed by atoms with Crippen LogP contribution in [0.2, 0.25) is 0 Å². The van der Waals surface area contributed by atoms with Crippen molar-refractivity contribution in [2.24, 2.45) is 5.10 Å². The molecular weight excluding hydrogens is 352 g/mol. The number of hydrazone groups is 1. The van der Waals surface area contributed by atoms with E-state index in [1.165, 1.54) is 6.08 Å². The van der Waals surface area contributed by atoms with Crippen molar-refractivity contribution in [3.63, 3.8) is 0 Å². The molecule has 1 aromatic heterocycles. The molecule has 1 atom stereocenters. The highest BCUT2D eigenvalue weighted by Crippen LogP contribution is 2.34. The summed E-state index contributed by atoms with van der Waals surface area (Å²) >= 11 is 0. The molecule has 0 aliphatic carbocycles. The number of H-pyrrole nitrogens is 1. The predicted molar refractivity (Wildman–Crippen MR) is 99.8 cm³/mol. The van der Waals surface area contributed by atoms with Crippen LogP contribution in [0.15, 0.2) is 45.5 Å². The number of rotatable bonds is 6. The van der Waals surface area contributed by atoms with Crippen LogP contribution in [0.4, 0.5) is 0 Å². The number of allylic oxidation sites excluding steroid dienone is 1. The largest absolute Gasteiger partial charge is 0.497 e. The zero-order chi connectivity index (χ0) is 19.6. The molecule has 1 aliphatic heterocycles. The molecule has 1 aliphatic rings. The van der Waals surface area contributed by atoms with E-state index in [-0.39, 0.29) is 18.2 Å². The number of nitrogens with zero attached hydrogens (tertiary/aromatic N) is 2. The van der Waals surface area contributed by atoms with Crippen LogP contribution in [0.3, 0.4) is 0 Å². The first-order valence-electron chi connectivity index (χ1n) is 8.21. The average Bonchev–Trinajstić information content (AvgIpc) is 3.13. The van der Waals surface area contributed by atoms with Crippen molar-refractivity contribution < 1.29 is 14.6 Å². The van der Waals surface area contributed by atoms with Gasteiger partial charge in [-0.3, -0.25) is 14.3 Å². The van der Waals surface area contributed by atoms with E-state index in [4.69, 9.17) is 9.47 Å². The second-order valence-electron chi connectivity index (χ2n) is 5.91. The van der Waals surface area contributed by atoms with Crippen LogP contribution in [-0.2, 0) is 6.54 Å². The fraction of sp³-hybridized carbons (Fsp3) is 0.278. The molecule has 9 nitrogen and oxygen atoms in total. The molecule has 3 rings (SSSR count). The molecule has 0 saturated carbocycles. The molecule has 1 aromatic carbocycles. The standard InChI is InChI=1S/C18H20N4O5/c1-4-7-22-17(24)15(16(23)19-18(22)25)13-9-12(20-21-13)11-6-5-10(26-2)8-14(11)27-3/h4-6,8,12,20,24H,1,7,9H2,2-3H3,(H,19,23,25)/t12-/m1/s1. The molecule has 142 valence electrons. The number of benzene rings is 1. The lowest BCUT2D eigenvalue weighted by molar-refractivity contribution is 0.386. The van der Waals surface area contributed by atoms with E-state index in [1.807, 2.05) is 6.07 Å². The van der Waals surface area contributed by atoms with Gasteiger partial charge < -0.3 is 20.0 Å². The van der Waals surface area contributed by atoms with E-state index in [0.717, 1.165) is 10.1 Å². The first kappa shape index (κ1) is 18.3. The summed E-state index contributed by atoms with van der Waals surface area (Å²) < 4.78 is 11.6. The Morgan fingerprint density at radius 2 is 2.15 bits per heavy atom. The third-order valence-corrected chi connectivity index (χ3v) is 4.34. The highest BCUT2D eigenvalue weighted by molar-refractivity contribution is 6.03. The molecule has 3 N–H and O–H groups in total. The zero-order valence-electron chi connectivity index (χ0n) is 15.0. The van der Waals surface area contributed by atoms with Crippen molar-refractivity contribution in [2.45, 2.75) is 19.0 Å². The molecule has 0 fully saturated rings. The summed E-state index contributed by atoms with van der Waals surface area (Å²) in [5.41, 5.74) is 2.67. The maximum absolute atomic E-state index is 12.2. The first-order valence-corrected chi connectivity index (χ1v) is 8.21. The maximum atomic E-state index is 12.2. The summed E-state index contributed by atoms with van der Waals surface area (Å²) in [6.07, 6.45) is 1.77. The number of hydrogen-bond acceptors (Lipinski definition) is 7. The maximum Gasteiger partial charge on any atom is 0.331 e. The van der Waals surface area contributed by atoms with Gasteiger partial charge in [0.2, 0.25) is 5.88 Å². The van der Waals surface area contributed by atoms with Crippen LogP contribution < -0.4 is 26.1 Å². The molecular formula is C18H20N4O5. The lowest BCUT2D eigenvalue weighted by atomic mass is 9.99. The number of aromatic hydroxyl groups is 1. The molecule has 0 bridgehead atoms. The number of methoxy groups -OCH3 is 2. The highest BCUT2D eigenvalue weighted by atomic mass is 16.5. The second-order valence-corrected chi connectivity index (χ2v) is 5.91. The molecule has 0 spiro atoms. The first-order chi connectivity index (χ1) is 13.0. The zero-order valence-corrected chi connectivity index (χ0v) is 15.0. The Kier molecular flexibility index (Phi) is 5.02. The summed E-state index contributed by atoms with van der Waals surface area (Å²) in [6.45, 7) is 3.60. The van der Waals surface area contributed by atoms with Gasteiger partial charge in [0.15, 0.2) is 0 Å². The normalized spacial score (nSPS) is 15.8. The fourth-order valence-electron chi connectivity index (χ4n) is 3.00. The van der Waals surface area contributed by atoms with Crippen molar-refractivity contribution in [1.82, 2.24) is 15.0 Å². The molecule has 2 aromatic rings. The Morgan fingerprint density at radius 1 is 1.37 bits per heavy atom. The Labute approximate surface area is 154 Å². The fourth-order valence-corrected chi connectivity index (χ4v) is 3.00. The molecule has 0 saturated heterocycles. The van der Waals surface area contributed by atoms with E-state index in [1.54, 1.807) is 26.4 Å². The Morgan fingerprint density at radius 3 is 2.81 bits per heavy atom. The van der Waals surface area contributed by atoms with Crippen LogP contribution in [0, 0.1) is 0 Å². The second kappa shape index (κ2) is 7.40. The monoisotopic (exact) mass is 372 g/mol. The Bertz CT molecular complexity index is 1020. The Hall–Kier alpha value is -3.49. The van der Waals surface area contributed by atoms with E-state index >= 15 is 0 Å². The van der Waals surface area contributed by atoms with Crippen molar-refractivity contribution >= 4 is 5.71 Å². The molecule has 0 unspecified atom stereocenters. The SMILES string of the molecule is C=CCn1c(O)c(C2=NN[C@@H](c3ccc(OC)cc3OC)C2)c(=O)[nH]c1=O. The predicted octanol–water partition coefficient (Wildman–Crippen LogP) is 0.884. The quantitative estimate of drug-likeness (QED) is 0.648. The number of aromatic nitrogens is 2. The van der Waals surface area contributed by atoms with Gasteiger partial charge in [0.1, 0.15) is 17.1 Å². The third kappa shape index (κ3) is 3.31. The van der Waals surface area contributed by atoms with Gasteiger partial charge in [0, 0.05) is 24.6 Å². The van der Waals surface area contributed by atoms with Crippen molar-refractivity contribution in [3.05, 3.63) is 62.8 Å². The van der Waals surface area contributed by atoms with E-state index in [9.17, 15) is 14.7 Å². The van der Waals surface area contributed by atoms with Gasteiger partial charge in [0.25, 0.3) is 5.56 Å². The van der Waals surface area contributed by atoms with Gasteiger partial charge in [-0.1, -0.05) is 6.08 Å². The van der Waals surface area contributed by atoms with Gasteiger partial charge >= 0.3 is 5.69 Å². The lowest BCUT2D eigenvalue weighted by Gasteiger charge is -2.15. The molecule has 0 amide bonds. The third-order valence-electron chi connectivity index (χ3n) is 4.34. The minimum atomic E-state index is -0.707. The summed E-state index contributed by atoms with van der Waals surface area (Å²) in [4.78, 5) is 26.3. The number of aromatic amines is 1. The van der Waals surface area contributed by atoms with Crippen LogP contribution in [-0.4, -0.2) is 34.6 Å². The number of hydrogen-bond donors (Lipinski definition) is 3. The summed E-state index contributed by atoms with van der Waals surface area (Å²) in [6, 6.07) is 5.13.